The lowest BCUT2D eigenvalue weighted by Crippen LogP contribution is -2.24. The minimum atomic E-state index is -0.114. The van der Waals surface area contributed by atoms with Gasteiger partial charge in [-0.05, 0) is 18.2 Å². The average Bonchev–Trinajstić information content (AvgIpc) is 3.02. The van der Waals surface area contributed by atoms with Crippen LogP contribution >= 0.6 is 0 Å². The van der Waals surface area contributed by atoms with E-state index in [0.717, 1.165) is 22.2 Å². The Morgan fingerprint density at radius 3 is 2.59 bits per heavy atom. The molecular weight excluding hydrogens is 368 g/mol. The van der Waals surface area contributed by atoms with E-state index in [2.05, 4.69) is 4.98 Å². The summed E-state index contributed by atoms with van der Waals surface area (Å²) in [6, 6.07) is 9.36. The molecule has 0 unspecified atom stereocenters. The highest BCUT2D eigenvalue weighted by atomic mass is 16.5. The Labute approximate surface area is 167 Å². The second-order valence-electron chi connectivity index (χ2n) is 6.80. The van der Waals surface area contributed by atoms with Crippen LogP contribution in [0.2, 0.25) is 0 Å². The standard InChI is InChI=1S/C22H18N4O3/c1-28-17-10-9-14(21(25-17)29-2)13-7-4-8-15-19(23)18-16(24-20(13)15)11-26(22(18)27)12-5-3-6-12/h3-10H,11H2,1-2H3,(H2,23,24). The van der Waals surface area contributed by atoms with Crippen LogP contribution in [0.25, 0.3) is 22.0 Å². The monoisotopic (exact) mass is 386 g/mol. The van der Waals surface area contributed by atoms with Crippen LogP contribution in [0.1, 0.15) is 16.1 Å². The maximum atomic E-state index is 12.9. The number of pyridine rings is 2. The van der Waals surface area contributed by atoms with E-state index in [1.807, 2.05) is 42.5 Å². The molecule has 2 aromatic heterocycles. The Morgan fingerprint density at radius 2 is 1.90 bits per heavy atom. The number of aromatic nitrogens is 2. The van der Waals surface area contributed by atoms with Crippen LogP contribution in [0.15, 0.2) is 54.3 Å². The third-order valence-electron chi connectivity index (χ3n) is 5.27. The van der Waals surface area contributed by atoms with Crippen LogP contribution in [-0.4, -0.2) is 35.0 Å². The summed E-state index contributed by atoms with van der Waals surface area (Å²) in [6.07, 6.45) is 5.71. The summed E-state index contributed by atoms with van der Waals surface area (Å²) in [5, 5.41) is 0.729. The fourth-order valence-corrected chi connectivity index (χ4v) is 3.76. The second-order valence-corrected chi connectivity index (χ2v) is 6.80. The molecule has 1 amide bonds. The molecule has 2 aliphatic rings. The van der Waals surface area contributed by atoms with Crippen LogP contribution in [0, 0.1) is 0 Å². The first kappa shape index (κ1) is 17.2. The number of carbonyl (C=O) groups excluding carboxylic acids is 1. The number of rotatable bonds is 4. The van der Waals surface area contributed by atoms with Crippen LogP contribution in [-0.2, 0) is 6.54 Å². The molecule has 1 aromatic carbocycles. The lowest BCUT2D eigenvalue weighted by atomic mass is 9.99. The van der Waals surface area contributed by atoms with Gasteiger partial charge in [-0.2, -0.15) is 4.98 Å². The molecule has 7 heteroatoms. The van der Waals surface area contributed by atoms with Crippen molar-refractivity contribution in [1.82, 2.24) is 14.9 Å². The van der Waals surface area contributed by atoms with Crippen molar-refractivity contribution >= 4 is 22.5 Å². The van der Waals surface area contributed by atoms with Gasteiger partial charge in [-0.3, -0.25) is 4.79 Å². The third kappa shape index (κ3) is 2.47. The molecule has 3 heterocycles. The van der Waals surface area contributed by atoms with Gasteiger partial charge in [0.2, 0.25) is 11.8 Å². The van der Waals surface area contributed by atoms with Gasteiger partial charge in [-0.25, -0.2) is 4.98 Å². The molecule has 5 rings (SSSR count). The van der Waals surface area contributed by atoms with Gasteiger partial charge in [-0.1, -0.05) is 24.3 Å². The molecule has 144 valence electrons. The summed E-state index contributed by atoms with van der Waals surface area (Å²) in [6.45, 7) is 0.400. The highest BCUT2D eigenvalue weighted by Crippen LogP contribution is 2.40. The van der Waals surface area contributed by atoms with Crippen molar-refractivity contribution in [3.63, 3.8) is 0 Å². The maximum absolute atomic E-state index is 12.9. The van der Waals surface area contributed by atoms with E-state index in [0.29, 0.717) is 40.8 Å². The average molecular weight is 386 g/mol. The molecule has 3 aromatic rings. The number of fused-ring (bicyclic) bond motifs is 2. The largest absolute Gasteiger partial charge is 0.481 e. The van der Waals surface area contributed by atoms with Gasteiger partial charge in [0.15, 0.2) is 0 Å². The number of nitrogen functional groups attached to an aromatic ring is 1. The molecular formula is C22H18N4O3. The number of methoxy groups -OCH3 is 2. The fraction of sp³-hybridized carbons (Fsp3) is 0.136. The Hall–Kier alpha value is -3.87. The van der Waals surface area contributed by atoms with Gasteiger partial charge in [0.25, 0.3) is 5.91 Å². The molecule has 0 fully saturated rings. The lowest BCUT2D eigenvalue weighted by molar-refractivity contribution is 0.0831. The van der Waals surface area contributed by atoms with Crippen molar-refractivity contribution in [3.8, 4) is 22.9 Å². The van der Waals surface area contributed by atoms with Gasteiger partial charge in [-0.15, -0.1) is 0 Å². The van der Waals surface area contributed by atoms with Crippen molar-refractivity contribution in [3.05, 3.63) is 65.5 Å². The number of nitrogens with zero attached hydrogens (tertiary/aromatic N) is 3. The van der Waals surface area contributed by atoms with Crippen LogP contribution < -0.4 is 15.2 Å². The van der Waals surface area contributed by atoms with Crippen LogP contribution in [0.5, 0.6) is 11.8 Å². The zero-order chi connectivity index (χ0) is 20.1. The molecule has 0 bridgehead atoms. The predicted molar refractivity (Wildman–Crippen MR) is 110 cm³/mol. The minimum absolute atomic E-state index is 0.114. The first-order valence-corrected chi connectivity index (χ1v) is 9.13. The first-order chi connectivity index (χ1) is 14.1. The lowest BCUT2D eigenvalue weighted by Gasteiger charge is -2.19. The van der Waals surface area contributed by atoms with E-state index in [1.165, 1.54) is 0 Å². The van der Waals surface area contributed by atoms with Crippen LogP contribution in [0.4, 0.5) is 5.69 Å². The number of para-hydroxylation sites is 1. The number of hydrogen-bond donors (Lipinski definition) is 1. The van der Waals surface area contributed by atoms with Gasteiger partial charge in [0, 0.05) is 28.3 Å². The zero-order valence-corrected chi connectivity index (χ0v) is 16.0. The summed E-state index contributed by atoms with van der Waals surface area (Å²) < 4.78 is 10.7. The normalized spacial score (nSPS) is 14.6. The Kier molecular flexibility index (Phi) is 3.77. The van der Waals surface area contributed by atoms with Gasteiger partial charge >= 0.3 is 0 Å². The van der Waals surface area contributed by atoms with E-state index in [1.54, 1.807) is 25.2 Å². The SMILES string of the molecule is COc1ccc(-c2cccc3c(N)c4c(nc23)CN(C2=CC=C2)C4=O)c(OC)n1. The number of amides is 1. The van der Waals surface area contributed by atoms with Crippen molar-refractivity contribution in [2.75, 3.05) is 20.0 Å². The Balaban J connectivity index is 1.71. The topological polar surface area (TPSA) is 90.6 Å². The summed E-state index contributed by atoms with van der Waals surface area (Å²) in [4.78, 5) is 23.8. The molecule has 7 nitrogen and oxygen atoms in total. The second kappa shape index (κ2) is 6.34. The van der Waals surface area contributed by atoms with E-state index in [9.17, 15) is 4.79 Å². The summed E-state index contributed by atoms with van der Waals surface area (Å²) >= 11 is 0. The van der Waals surface area contributed by atoms with Crippen molar-refractivity contribution in [2.24, 2.45) is 0 Å². The Bertz CT molecular complexity index is 1250. The number of allylic oxidation sites excluding steroid dienone is 3. The van der Waals surface area contributed by atoms with E-state index in [4.69, 9.17) is 20.2 Å². The molecule has 0 atom stereocenters. The summed E-state index contributed by atoms with van der Waals surface area (Å²) in [5.74, 6) is 0.777. The van der Waals surface area contributed by atoms with Gasteiger partial charge in [0.05, 0.1) is 43.2 Å². The number of ether oxygens (including phenoxy) is 2. The highest BCUT2D eigenvalue weighted by molar-refractivity contribution is 6.12. The maximum Gasteiger partial charge on any atom is 0.262 e. The third-order valence-corrected chi connectivity index (χ3v) is 5.27. The summed E-state index contributed by atoms with van der Waals surface area (Å²) in [7, 11) is 3.12. The number of carbonyl (C=O) groups is 1. The smallest absolute Gasteiger partial charge is 0.262 e. The summed E-state index contributed by atoms with van der Waals surface area (Å²) in [5.41, 5.74) is 11.2. The molecule has 1 aliphatic carbocycles. The van der Waals surface area contributed by atoms with Crippen molar-refractivity contribution in [2.45, 2.75) is 6.54 Å². The van der Waals surface area contributed by atoms with E-state index >= 15 is 0 Å². The zero-order valence-electron chi connectivity index (χ0n) is 16.0. The first-order valence-electron chi connectivity index (χ1n) is 9.13. The fourth-order valence-electron chi connectivity index (χ4n) is 3.76. The van der Waals surface area contributed by atoms with E-state index in [-0.39, 0.29) is 5.91 Å². The number of benzene rings is 1. The highest BCUT2D eigenvalue weighted by Gasteiger charge is 2.34. The molecule has 0 radical (unpaired) electrons. The molecule has 0 spiro atoms. The molecule has 29 heavy (non-hydrogen) atoms. The number of nitrogens with two attached hydrogens (primary N) is 1. The molecule has 2 N–H and O–H groups in total. The van der Waals surface area contributed by atoms with Gasteiger partial charge < -0.3 is 20.1 Å². The van der Waals surface area contributed by atoms with Gasteiger partial charge in [0.1, 0.15) is 0 Å². The molecule has 0 saturated heterocycles. The predicted octanol–water partition coefficient (Wildman–Crippen LogP) is 3.31. The molecule has 0 saturated carbocycles. The van der Waals surface area contributed by atoms with Crippen molar-refractivity contribution in [1.29, 1.82) is 0 Å². The van der Waals surface area contributed by atoms with Crippen LogP contribution in [0.3, 0.4) is 0 Å². The Morgan fingerprint density at radius 1 is 1.07 bits per heavy atom. The minimum Gasteiger partial charge on any atom is -0.481 e. The van der Waals surface area contributed by atoms with E-state index < -0.39 is 0 Å². The quantitative estimate of drug-likeness (QED) is 0.740. The number of hydrogen-bond acceptors (Lipinski definition) is 6. The molecule has 1 aliphatic heterocycles. The number of anilines is 1. The van der Waals surface area contributed by atoms with Crippen molar-refractivity contribution < 1.29 is 14.3 Å².